The Kier molecular flexibility index (Phi) is 5.65. The molecule has 1 aromatic heterocycles. The number of carbonyl (C=O) groups is 1. The van der Waals surface area contributed by atoms with Crippen molar-refractivity contribution >= 4 is 16.8 Å². The second-order valence-electron chi connectivity index (χ2n) is 6.56. The van der Waals surface area contributed by atoms with Gasteiger partial charge in [-0.1, -0.05) is 33.6 Å². The van der Waals surface area contributed by atoms with Gasteiger partial charge < -0.3 is 14.6 Å². The van der Waals surface area contributed by atoms with Gasteiger partial charge in [-0.3, -0.25) is 4.79 Å². The molecule has 0 saturated carbocycles. The summed E-state index contributed by atoms with van der Waals surface area (Å²) < 4.78 is 5.21. The normalized spacial score (nSPS) is 11.3. The molecule has 24 heavy (non-hydrogen) atoms. The van der Waals surface area contributed by atoms with Gasteiger partial charge in [0.25, 0.3) is 0 Å². The minimum absolute atomic E-state index is 0.0165. The summed E-state index contributed by atoms with van der Waals surface area (Å²) in [5.41, 5.74) is 0.0199. The number of carbonyl (C=O) groups excluding carboxylic acids is 1. The van der Waals surface area contributed by atoms with E-state index in [-0.39, 0.29) is 40.8 Å². The molecular formula is C19H24O5. The minimum Gasteiger partial charge on any atom is -0.507 e. The zero-order valence-corrected chi connectivity index (χ0v) is 14.4. The molecule has 1 aromatic carbocycles. The summed E-state index contributed by atoms with van der Waals surface area (Å²) in [7, 11) is 0. The molecule has 0 atom stereocenters. The maximum Gasteiger partial charge on any atom is 0.336 e. The number of phenols is 2. The van der Waals surface area contributed by atoms with Gasteiger partial charge in [0.2, 0.25) is 0 Å². The molecule has 2 aromatic rings. The molecule has 130 valence electrons. The molecule has 0 saturated heterocycles. The highest BCUT2D eigenvalue weighted by molar-refractivity contribution is 6.10. The van der Waals surface area contributed by atoms with Crippen LogP contribution in [0.4, 0.5) is 0 Å². The summed E-state index contributed by atoms with van der Waals surface area (Å²) in [6, 6.07) is 2.50. The van der Waals surface area contributed by atoms with Crippen molar-refractivity contribution in [3.8, 4) is 11.5 Å². The van der Waals surface area contributed by atoms with Crippen molar-refractivity contribution in [2.75, 3.05) is 0 Å². The highest BCUT2D eigenvalue weighted by atomic mass is 16.4. The van der Waals surface area contributed by atoms with E-state index in [1.807, 2.05) is 13.8 Å². The van der Waals surface area contributed by atoms with Crippen molar-refractivity contribution in [2.45, 2.75) is 52.9 Å². The van der Waals surface area contributed by atoms with Gasteiger partial charge >= 0.3 is 5.63 Å². The van der Waals surface area contributed by atoms with Crippen LogP contribution in [0.2, 0.25) is 0 Å². The van der Waals surface area contributed by atoms with Gasteiger partial charge in [0.05, 0.1) is 5.39 Å². The van der Waals surface area contributed by atoms with Crippen LogP contribution < -0.4 is 5.63 Å². The second-order valence-corrected chi connectivity index (χ2v) is 6.56. The first kappa shape index (κ1) is 18.0. The summed E-state index contributed by atoms with van der Waals surface area (Å²) in [5, 5.41) is 20.7. The SMILES string of the molecule is CCCCCc1cc(=O)oc2c(C(=O)CC(C)C)c(O)cc(O)c12. The van der Waals surface area contributed by atoms with Crippen molar-refractivity contribution in [3.05, 3.63) is 33.7 Å². The lowest BCUT2D eigenvalue weighted by Crippen LogP contribution is -2.08. The van der Waals surface area contributed by atoms with Crippen molar-refractivity contribution < 1.29 is 19.4 Å². The first-order valence-corrected chi connectivity index (χ1v) is 8.40. The number of ketones is 1. The average Bonchev–Trinajstić information content (AvgIpc) is 2.45. The van der Waals surface area contributed by atoms with E-state index in [0.29, 0.717) is 17.4 Å². The average molecular weight is 332 g/mol. The van der Waals surface area contributed by atoms with Crippen molar-refractivity contribution in [2.24, 2.45) is 5.92 Å². The number of Topliss-reactive ketones (excluding diaryl/α,β-unsaturated/α-hetero) is 1. The van der Waals surface area contributed by atoms with Crippen LogP contribution in [0.1, 0.15) is 62.4 Å². The van der Waals surface area contributed by atoms with Crippen LogP contribution in [-0.2, 0) is 6.42 Å². The molecule has 2 rings (SSSR count). The number of aromatic hydroxyl groups is 2. The number of hydrogen-bond donors (Lipinski definition) is 2. The predicted octanol–water partition coefficient (Wildman–Crippen LogP) is 4.17. The van der Waals surface area contributed by atoms with Gasteiger partial charge in [-0.15, -0.1) is 0 Å². The van der Waals surface area contributed by atoms with Gasteiger partial charge in [0.15, 0.2) is 11.4 Å². The third-order valence-electron chi connectivity index (χ3n) is 3.98. The number of rotatable bonds is 7. The minimum atomic E-state index is -0.586. The smallest absolute Gasteiger partial charge is 0.336 e. The third-order valence-corrected chi connectivity index (χ3v) is 3.98. The Bertz CT molecular complexity index is 801. The van der Waals surface area contributed by atoms with Crippen LogP contribution in [0.3, 0.4) is 0 Å². The van der Waals surface area contributed by atoms with E-state index in [1.165, 1.54) is 6.07 Å². The van der Waals surface area contributed by atoms with E-state index >= 15 is 0 Å². The zero-order chi connectivity index (χ0) is 17.9. The highest BCUT2D eigenvalue weighted by Crippen LogP contribution is 2.37. The van der Waals surface area contributed by atoms with Gasteiger partial charge in [0, 0.05) is 18.6 Å². The van der Waals surface area contributed by atoms with E-state index in [2.05, 4.69) is 6.92 Å². The van der Waals surface area contributed by atoms with Gasteiger partial charge in [-0.25, -0.2) is 4.79 Å². The van der Waals surface area contributed by atoms with Crippen LogP contribution in [0, 0.1) is 5.92 Å². The summed E-state index contributed by atoms with van der Waals surface area (Å²) in [6.45, 7) is 5.86. The first-order valence-electron chi connectivity index (χ1n) is 8.40. The maximum atomic E-state index is 12.5. The zero-order valence-electron chi connectivity index (χ0n) is 14.4. The Balaban J connectivity index is 2.67. The lowest BCUT2D eigenvalue weighted by molar-refractivity contribution is 0.0966. The lowest BCUT2D eigenvalue weighted by atomic mass is 9.95. The maximum absolute atomic E-state index is 12.5. The van der Waals surface area contributed by atoms with Crippen LogP contribution >= 0.6 is 0 Å². The highest BCUT2D eigenvalue weighted by Gasteiger charge is 2.23. The number of unbranched alkanes of at least 4 members (excludes halogenated alkanes) is 2. The fraction of sp³-hybridized carbons (Fsp3) is 0.474. The summed E-state index contributed by atoms with van der Waals surface area (Å²) in [4.78, 5) is 24.4. The van der Waals surface area contributed by atoms with Crippen molar-refractivity contribution in [1.82, 2.24) is 0 Å². The van der Waals surface area contributed by atoms with Crippen LogP contribution in [0.5, 0.6) is 11.5 Å². The first-order chi connectivity index (χ1) is 11.3. The molecule has 5 heteroatoms. The molecular weight excluding hydrogens is 308 g/mol. The topological polar surface area (TPSA) is 87.7 Å². The van der Waals surface area contributed by atoms with Crippen molar-refractivity contribution in [3.63, 3.8) is 0 Å². The Morgan fingerprint density at radius 2 is 1.88 bits per heavy atom. The van der Waals surface area contributed by atoms with E-state index < -0.39 is 5.63 Å². The lowest BCUT2D eigenvalue weighted by Gasteiger charge is -2.12. The molecule has 0 unspecified atom stereocenters. The number of aryl methyl sites for hydroxylation is 1. The van der Waals surface area contributed by atoms with Gasteiger partial charge in [-0.2, -0.15) is 0 Å². The molecule has 5 nitrogen and oxygen atoms in total. The van der Waals surface area contributed by atoms with Gasteiger partial charge in [0.1, 0.15) is 17.1 Å². The monoisotopic (exact) mass is 332 g/mol. The molecule has 0 spiro atoms. The summed E-state index contributed by atoms with van der Waals surface area (Å²) >= 11 is 0. The van der Waals surface area contributed by atoms with Gasteiger partial charge in [-0.05, 0) is 24.3 Å². The molecule has 0 aliphatic rings. The van der Waals surface area contributed by atoms with E-state index in [9.17, 15) is 19.8 Å². The molecule has 0 amide bonds. The van der Waals surface area contributed by atoms with Crippen LogP contribution in [-0.4, -0.2) is 16.0 Å². The fourth-order valence-corrected chi connectivity index (χ4v) is 2.89. The Morgan fingerprint density at radius 1 is 1.17 bits per heavy atom. The predicted molar refractivity (Wildman–Crippen MR) is 92.8 cm³/mol. The molecule has 1 heterocycles. The standard InChI is InChI=1S/C19H24O5/c1-4-5-6-7-12-9-16(23)24-19-17(12)14(21)10-15(22)18(19)13(20)8-11(2)3/h9-11,21-22H,4-8H2,1-3H3. The van der Waals surface area contributed by atoms with Crippen LogP contribution in [0.25, 0.3) is 11.0 Å². The Morgan fingerprint density at radius 3 is 2.50 bits per heavy atom. The van der Waals surface area contributed by atoms with Crippen molar-refractivity contribution in [1.29, 1.82) is 0 Å². The molecule has 2 N–H and O–H groups in total. The molecule has 0 aliphatic carbocycles. The number of phenolic OH excluding ortho intramolecular Hbond substituents is 2. The molecule has 0 fully saturated rings. The largest absolute Gasteiger partial charge is 0.507 e. The van der Waals surface area contributed by atoms with Crippen LogP contribution in [0.15, 0.2) is 21.3 Å². The quantitative estimate of drug-likeness (QED) is 0.451. The molecule has 0 aliphatic heterocycles. The summed E-state index contributed by atoms with van der Waals surface area (Å²) in [6.07, 6.45) is 3.72. The number of fused-ring (bicyclic) bond motifs is 1. The van der Waals surface area contributed by atoms with E-state index in [1.54, 1.807) is 0 Å². The molecule has 0 radical (unpaired) electrons. The molecule has 0 bridgehead atoms. The summed E-state index contributed by atoms with van der Waals surface area (Å²) in [5.74, 6) is -0.750. The van der Waals surface area contributed by atoms with E-state index in [0.717, 1.165) is 25.3 Å². The van der Waals surface area contributed by atoms with E-state index in [4.69, 9.17) is 4.42 Å². The fourth-order valence-electron chi connectivity index (χ4n) is 2.89. The number of benzene rings is 1. The Hall–Kier alpha value is -2.30. The Labute approximate surface area is 140 Å². The number of hydrogen-bond acceptors (Lipinski definition) is 5. The third kappa shape index (κ3) is 3.78. The second kappa shape index (κ2) is 7.51.